The van der Waals surface area contributed by atoms with Crippen LogP contribution in [0.15, 0.2) is 11.6 Å². The molecule has 1 heterocycles. The van der Waals surface area contributed by atoms with Crippen LogP contribution in [-0.4, -0.2) is 11.6 Å². The largest absolute Gasteiger partial charge is 0.459 e. The minimum atomic E-state index is -0.191. The number of esters is 1. The van der Waals surface area contributed by atoms with Gasteiger partial charge in [-0.25, -0.2) is 0 Å². The maximum atomic E-state index is 10.9. The zero-order chi connectivity index (χ0) is 9.90. The molecule has 0 aromatic rings. The van der Waals surface area contributed by atoms with Crippen LogP contribution in [0, 0.1) is 0 Å². The molecule has 0 saturated carbocycles. The Balaban J connectivity index is 2.36. The fraction of sp³-hybridized carbons (Fsp3) is 0.727. The molecule has 1 unspecified atom stereocenters. The predicted molar refractivity (Wildman–Crippen MR) is 52.4 cm³/mol. The molecule has 2 nitrogen and oxygen atoms in total. The van der Waals surface area contributed by atoms with Gasteiger partial charge in [-0.1, -0.05) is 11.6 Å². The van der Waals surface area contributed by atoms with Crippen LogP contribution in [0.5, 0.6) is 0 Å². The van der Waals surface area contributed by atoms with Crippen LogP contribution >= 0.6 is 0 Å². The van der Waals surface area contributed by atoms with E-state index in [1.807, 2.05) is 6.92 Å². The molecule has 0 aliphatic carbocycles. The molecule has 0 amide bonds. The Kier molecular flexibility index (Phi) is 3.12. The maximum Gasteiger partial charge on any atom is 0.306 e. The van der Waals surface area contributed by atoms with Gasteiger partial charge in [0.1, 0.15) is 5.60 Å². The lowest BCUT2D eigenvalue weighted by Gasteiger charge is -2.21. The highest BCUT2D eigenvalue weighted by atomic mass is 16.6. The van der Waals surface area contributed by atoms with E-state index >= 15 is 0 Å². The normalized spacial score (nSPS) is 27.2. The van der Waals surface area contributed by atoms with E-state index in [4.69, 9.17) is 4.74 Å². The van der Waals surface area contributed by atoms with Crippen molar-refractivity contribution in [3.8, 4) is 0 Å². The minimum Gasteiger partial charge on any atom is -0.459 e. The van der Waals surface area contributed by atoms with Gasteiger partial charge in [0, 0.05) is 6.42 Å². The van der Waals surface area contributed by atoms with Gasteiger partial charge in [-0.15, -0.1) is 0 Å². The Morgan fingerprint density at radius 3 is 2.77 bits per heavy atom. The molecule has 74 valence electrons. The molecule has 1 atom stereocenters. The average Bonchev–Trinajstić information content (AvgIpc) is 2.30. The highest BCUT2D eigenvalue weighted by Gasteiger charge is 2.34. The summed E-state index contributed by atoms with van der Waals surface area (Å²) in [5, 5.41) is 0. The molecule has 1 saturated heterocycles. The summed E-state index contributed by atoms with van der Waals surface area (Å²) in [6, 6.07) is 0. The summed E-state index contributed by atoms with van der Waals surface area (Å²) in [5.74, 6) is -0.0419. The second-order valence-corrected chi connectivity index (χ2v) is 4.24. The van der Waals surface area contributed by atoms with Crippen molar-refractivity contribution in [1.29, 1.82) is 0 Å². The standard InChI is InChI=1S/C11H18O2/c1-9(2)5-4-7-11(3)8-6-10(12)13-11/h5H,4,6-8H2,1-3H3. The fourth-order valence-corrected chi connectivity index (χ4v) is 1.59. The molecular formula is C11H18O2. The molecule has 0 aromatic heterocycles. The highest BCUT2D eigenvalue weighted by Crippen LogP contribution is 2.30. The average molecular weight is 182 g/mol. The van der Waals surface area contributed by atoms with E-state index in [9.17, 15) is 4.79 Å². The second-order valence-electron chi connectivity index (χ2n) is 4.24. The molecular weight excluding hydrogens is 164 g/mol. The number of hydrogen-bond acceptors (Lipinski definition) is 2. The highest BCUT2D eigenvalue weighted by molar-refractivity contribution is 5.72. The minimum absolute atomic E-state index is 0.0419. The van der Waals surface area contributed by atoms with Crippen molar-refractivity contribution in [2.45, 2.75) is 52.1 Å². The van der Waals surface area contributed by atoms with Gasteiger partial charge in [-0.05, 0) is 40.0 Å². The third-order valence-electron chi connectivity index (χ3n) is 2.44. The van der Waals surface area contributed by atoms with Gasteiger partial charge in [0.15, 0.2) is 0 Å². The molecule has 0 aromatic carbocycles. The van der Waals surface area contributed by atoms with Gasteiger partial charge in [0.25, 0.3) is 0 Å². The van der Waals surface area contributed by atoms with Crippen molar-refractivity contribution in [3.05, 3.63) is 11.6 Å². The summed E-state index contributed by atoms with van der Waals surface area (Å²) in [7, 11) is 0. The van der Waals surface area contributed by atoms with Gasteiger partial charge in [-0.3, -0.25) is 4.79 Å². The number of carbonyl (C=O) groups excluding carboxylic acids is 1. The number of ether oxygens (including phenoxy) is 1. The molecule has 1 fully saturated rings. The zero-order valence-electron chi connectivity index (χ0n) is 8.72. The first-order valence-electron chi connectivity index (χ1n) is 4.87. The fourth-order valence-electron chi connectivity index (χ4n) is 1.59. The van der Waals surface area contributed by atoms with Crippen LogP contribution in [0.4, 0.5) is 0 Å². The smallest absolute Gasteiger partial charge is 0.306 e. The van der Waals surface area contributed by atoms with Crippen LogP contribution in [0.2, 0.25) is 0 Å². The summed E-state index contributed by atoms with van der Waals surface area (Å²) < 4.78 is 5.26. The first-order valence-corrected chi connectivity index (χ1v) is 4.87. The molecule has 1 aliphatic heterocycles. The van der Waals surface area contributed by atoms with Gasteiger partial charge >= 0.3 is 5.97 Å². The lowest BCUT2D eigenvalue weighted by atomic mass is 9.96. The SMILES string of the molecule is CC(C)=CCCC1(C)CCC(=O)O1. The Morgan fingerprint density at radius 1 is 1.62 bits per heavy atom. The quantitative estimate of drug-likeness (QED) is 0.495. The van der Waals surface area contributed by atoms with Crippen LogP contribution in [0.1, 0.15) is 46.5 Å². The lowest BCUT2D eigenvalue weighted by molar-refractivity contribution is -0.147. The molecule has 0 N–H and O–H groups in total. The van der Waals surface area contributed by atoms with Gasteiger partial charge < -0.3 is 4.74 Å². The summed E-state index contributed by atoms with van der Waals surface area (Å²) in [6.45, 7) is 6.20. The molecule has 0 radical (unpaired) electrons. The number of rotatable bonds is 3. The zero-order valence-corrected chi connectivity index (χ0v) is 8.72. The van der Waals surface area contributed by atoms with Gasteiger partial charge in [-0.2, -0.15) is 0 Å². The number of allylic oxidation sites excluding steroid dienone is 2. The summed E-state index contributed by atoms with van der Waals surface area (Å²) in [4.78, 5) is 10.9. The van der Waals surface area contributed by atoms with Crippen LogP contribution in [0.3, 0.4) is 0 Å². The third kappa shape index (κ3) is 3.21. The monoisotopic (exact) mass is 182 g/mol. The van der Waals surface area contributed by atoms with E-state index in [1.54, 1.807) is 0 Å². The predicted octanol–water partition coefficient (Wildman–Crippen LogP) is 2.83. The van der Waals surface area contributed by atoms with E-state index in [-0.39, 0.29) is 11.6 Å². The number of carbonyl (C=O) groups is 1. The topological polar surface area (TPSA) is 26.3 Å². The molecule has 13 heavy (non-hydrogen) atoms. The molecule has 0 bridgehead atoms. The van der Waals surface area contributed by atoms with E-state index < -0.39 is 0 Å². The van der Waals surface area contributed by atoms with Crippen LogP contribution in [0.25, 0.3) is 0 Å². The van der Waals surface area contributed by atoms with Crippen molar-refractivity contribution in [1.82, 2.24) is 0 Å². The summed E-state index contributed by atoms with van der Waals surface area (Å²) in [6.07, 6.45) is 5.61. The van der Waals surface area contributed by atoms with Crippen molar-refractivity contribution in [2.75, 3.05) is 0 Å². The van der Waals surface area contributed by atoms with Crippen molar-refractivity contribution < 1.29 is 9.53 Å². The Morgan fingerprint density at radius 2 is 2.31 bits per heavy atom. The summed E-state index contributed by atoms with van der Waals surface area (Å²) >= 11 is 0. The number of hydrogen-bond donors (Lipinski definition) is 0. The van der Waals surface area contributed by atoms with E-state index in [0.717, 1.165) is 19.3 Å². The second kappa shape index (κ2) is 3.95. The Bertz CT molecular complexity index is 226. The Labute approximate surface area is 80.0 Å². The first-order chi connectivity index (χ1) is 6.02. The Hall–Kier alpha value is -0.790. The summed E-state index contributed by atoms with van der Waals surface area (Å²) in [5.41, 5.74) is 1.14. The van der Waals surface area contributed by atoms with Crippen molar-refractivity contribution in [2.24, 2.45) is 0 Å². The van der Waals surface area contributed by atoms with Crippen LogP contribution in [-0.2, 0) is 9.53 Å². The lowest BCUT2D eigenvalue weighted by Crippen LogP contribution is -2.23. The third-order valence-corrected chi connectivity index (χ3v) is 2.44. The van der Waals surface area contributed by atoms with Gasteiger partial charge in [0.2, 0.25) is 0 Å². The first kappa shape index (κ1) is 10.3. The molecule has 0 spiro atoms. The van der Waals surface area contributed by atoms with Crippen molar-refractivity contribution in [3.63, 3.8) is 0 Å². The molecule has 1 rings (SSSR count). The van der Waals surface area contributed by atoms with E-state index in [0.29, 0.717) is 6.42 Å². The van der Waals surface area contributed by atoms with Crippen LogP contribution < -0.4 is 0 Å². The van der Waals surface area contributed by atoms with E-state index in [1.165, 1.54) is 5.57 Å². The molecule has 2 heteroatoms. The number of cyclic esters (lactones) is 1. The molecule has 1 aliphatic rings. The van der Waals surface area contributed by atoms with Crippen molar-refractivity contribution >= 4 is 5.97 Å². The van der Waals surface area contributed by atoms with Gasteiger partial charge in [0.05, 0.1) is 0 Å². The maximum absolute atomic E-state index is 10.9. The van der Waals surface area contributed by atoms with E-state index in [2.05, 4.69) is 19.9 Å².